The molecular formula is C16H14FN5O2. The van der Waals surface area contributed by atoms with Gasteiger partial charge in [0.2, 0.25) is 5.82 Å². The lowest BCUT2D eigenvalue weighted by molar-refractivity contribution is -0.135. The van der Waals surface area contributed by atoms with Crippen LogP contribution < -0.4 is 5.48 Å². The van der Waals surface area contributed by atoms with E-state index in [2.05, 4.69) is 20.9 Å². The van der Waals surface area contributed by atoms with Crippen LogP contribution in [-0.4, -0.2) is 26.1 Å². The van der Waals surface area contributed by atoms with Gasteiger partial charge in [0, 0.05) is 5.56 Å². The van der Waals surface area contributed by atoms with Gasteiger partial charge < -0.3 is 0 Å². The quantitative estimate of drug-likeness (QED) is 0.697. The van der Waals surface area contributed by atoms with Crippen LogP contribution in [0.2, 0.25) is 0 Å². The predicted molar refractivity (Wildman–Crippen MR) is 82.6 cm³/mol. The normalized spacial score (nSPS) is 10.5. The van der Waals surface area contributed by atoms with Crippen LogP contribution in [0.5, 0.6) is 0 Å². The summed E-state index contributed by atoms with van der Waals surface area (Å²) in [7, 11) is 0. The molecule has 0 saturated heterocycles. The summed E-state index contributed by atoms with van der Waals surface area (Å²) in [6, 6.07) is 15.3. The lowest BCUT2D eigenvalue weighted by Gasteiger charge is -2.05. The second-order valence-electron chi connectivity index (χ2n) is 4.95. The number of amides is 1. The molecule has 0 atom stereocenters. The van der Waals surface area contributed by atoms with Crippen LogP contribution in [0.1, 0.15) is 5.56 Å². The fourth-order valence-corrected chi connectivity index (χ4v) is 1.99. The third-order valence-electron chi connectivity index (χ3n) is 3.09. The van der Waals surface area contributed by atoms with Gasteiger partial charge in [-0.3, -0.25) is 9.63 Å². The third-order valence-corrected chi connectivity index (χ3v) is 3.09. The van der Waals surface area contributed by atoms with Crippen molar-refractivity contribution in [1.29, 1.82) is 0 Å². The molecule has 1 N–H and O–H groups in total. The van der Waals surface area contributed by atoms with Crippen molar-refractivity contribution in [3.8, 4) is 11.4 Å². The number of hydroxylamine groups is 1. The molecular weight excluding hydrogens is 313 g/mol. The number of hydrogen-bond donors (Lipinski definition) is 1. The average molecular weight is 327 g/mol. The van der Waals surface area contributed by atoms with E-state index in [1.54, 1.807) is 12.1 Å². The Kier molecular flexibility index (Phi) is 4.87. The summed E-state index contributed by atoms with van der Waals surface area (Å²) < 4.78 is 13.2. The molecule has 7 nitrogen and oxygen atoms in total. The van der Waals surface area contributed by atoms with Gasteiger partial charge in [-0.05, 0) is 22.9 Å². The highest BCUT2D eigenvalue weighted by molar-refractivity contribution is 5.74. The Morgan fingerprint density at radius 2 is 2.00 bits per heavy atom. The van der Waals surface area contributed by atoms with Crippen molar-refractivity contribution >= 4 is 5.91 Å². The average Bonchev–Trinajstić information content (AvgIpc) is 3.04. The lowest BCUT2D eigenvalue weighted by atomic mass is 10.2. The minimum absolute atomic E-state index is 0.156. The summed E-state index contributed by atoms with van der Waals surface area (Å²) in [6.45, 7) is 0.100. The van der Waals surface area contributed by atoms with E-state index in [1.165, 1.54) is 12.1 Å². The number of nitrogens with zero attached hydrogens (tertiary/aromatic N) is 4. The van der Waals surface area contributed by atoms with Crippen molar-refractivity contribution in [1.82, 2.24) is 25.7 Å². The van der Waals surface area contributed by atoms with E-state index in [0.717, 1.165) is 10.4 Å². The lowest BCUT2D eigenvalue weighted by Crippen LogP contribution is -2.28. The third kappa shape index (κ3) is 4.20. The predicted octanol–water partition coefficient (Wildman–Crippen LogP) is 1.73. The molecule has 0 aliphatic rings. The molecule has 0 fully saturated rings. The number of nitrogens with one attached hydrogen (secondary N) is 1. The zero-order chi connectivity index (χ0) is 16.8. The Bertz CT molecular complexity index is 822. The van der Waals surface area contributed by atoms with E-state index < -0.39 is 11.7 Å². The summed E-state index contributed by atoms with van der Waals surface area (Å²) >= 11 is 0. The largest absolute Gasteiger partial charge is 0.271 e. The van der Waals surface area contributed by atoms with Crippen molar-refractivity contribution in [2.75, 3.05) is 0 Å². The Labute approximate surface area is 137 Å². The minimum Gasteiger partial charge on any atom is -0.271 e. The molecule has 3 aromatic rings. The molecule has 0 aliphatic carbocycles. The first kappa shape index (κ1) is 15.8. The van der Waals surface area contributed by atoms with E-state index in [9.17, 15) is 9.18 Å². The van der Waals surface area contributed by atoms with Gasteiger partial charge in [0.1, 0.15) is 12.4 Å². The molecule has 3 rings (SSSR count). The molecule has 8 heteroatoms. The number of benzene rings is 2. The summed E-state index contributed by atoms with van der Waals surface area (Å²) in [6.07, 6.45) is 0. The Morgan fingerprint density at radius 1 is 1.17 bits per heavy atom. The Balaban J connectivity index is 1.52. The van der Waals surface area contributed by atoms with Gasteiger partial charge >= 0.3 is 0 Å². The topological polar surface area (TPSA) is 81.9 Å². The second kappa shape index (κ2) is 7.42. The minimum atomic E-state index is -0.422. The first-order valence-corrected chi connectivity index (χ1v) is 7.19. The van der Waals surface area contributed by atoms with Gasteiger partial charge in [0.25, 0.3) is 5.91 Å². The smallest absolute Gasteiger partial charge is 0.267 e. The molecule has 24 heavy (non-hydrogen) atoms. The van der Waals surface area contributed by atoms with Crippen LogP contribution in [-0.2, 0) is 22.8 Å². The molecule has 0 radical (unpaired) electrons. The van der Waals surface area contributed by atoms with Crippen molar-refractivity contribution in [2.45, 2.75) is 13.2 Å². The van der Waals surface area contributed by atoms with Gasteiger partial charge in [0.05, 0.1) is 6.61 Å². The SMILES string of the molecule is O=C(Cn1nnc(-c2cccc(F)c2)n1)NOCc1ccccc1. The molecule has 1 amide bonds. The summed E-state index contributed by atoms with van der Waals surface area (Å²) in [4.78, 5) is 18.0. The summed E-state index contributed by atoms with van der Waals surface area (Å²) in [5, 5.41) is 11.6. The van der Waals surface area contributed by atoms with Crippen LogP contribution in [0.4, 0.5) is 4.39 Å². The Hall–Kier alpha value is -3.13. The van der Waals surface area contributed by atoms with Crippen molar-refractivity contribution in [3.63, 3.8) is 0 Å². The molecule has 1 heterocycles. The molecule has 122 valence electrons. The van der Waals surface area contributed by atoms with Crippen LogP contribution >= 0.6 is 0 Å². The maximum absolute atomic E-state index is 13.2. The standard InChI is InChI=1S/C16H14FN5O2/c17-14-8-4-7-13(9-14)16-18-21-22(19-16)10-15(23)20-24-11-12-5-2-1-3-6-12/h1-9H,10-11H2,(H,20,23). The second-order valence-corrected chi connectivity index (χ2v) is 4.95. The number of carbonyl (C=O) groups is 1. The fraction of sp³-hybridized carbons (Fsp3) is 0.125. The van der Waals surface area contributed by atoms with E-state index >= 15 is 0 Å². The van der Waals surface area contributed by atoms with E-state index in [1.807, 2.05) is 30.3 Å². The van der Waals surface area contributed by atoms with Gasteiger partial charge in [-0.2, -0.15) is 4.80 Å². The Morgan fingerprint density at radius 3 is 2.79 bits per heavy atom. The summed E-state index contributed by atoms with van der Waals surface area (Å²) in [5.41, 5.74) is 3.73. The van der Waals surface area contributed by atoms with Gasteiger partial charge in [-0.15, -0.1) is 10.2 Å². The van der Waals surface area contributed by atoms with Crippen LogP contribution in [0.3, 0.4) is 0 Å². The van der Waals surface area contributed by atoms with Gasteiger partial charge in [-0.25, -0.2) is 9.87 Å². The van der Waals surface area contributed by atoms with Crippen LogP contribution in [0.25, 0.3) is 11.4 Å². The maximum atomic E-state index is 13.2. The number of aromatic nitrogens is 4. The number of halogens is 1. The van der Waals surface area contributed by atoms with E-state index in [4.69, 9.17) is 4.84 Å². The van der Waals surface area contributed by atoms with Crippen LogP contribution in [0, 0.1) is 5.82 Å². The number of tetrazole rings is 1. The molecule has 0 unspecified atom stereocenters. The monoisotopic (exact) mass is 327 g/mol. The molecule has 2 aromatic carbocycles. The highest BCUT2D eigenvalue weighted by Gasteiger charge is 2.10. The van der Waals surface area contributed by atoms with E-state index in [-0.39, 0.29) is 19.0 Å². The van der Waals surface area contributed by atoms with Crippen molar-refractivity contribution < 1.29 is 14.0 Å². The molecule has 0 bridgehead atoms. The fourth-order valence-electron chi connectivity index (χ4n) is 1.99. The zero-order valence-electron chi connectivity index (χ0n) is 12.6. The van der Waals surface area contributed by atoms with E-state index in [0.29, 0.717) is 5.56 Å². The van der Waals surface area contributed by atoms with Crippen LogP contribution in [0.15, 0.2) is 54.6 Å². The molecule has 1 aromatic heterocycles. The maximum Gasteiger partial charge on any atom is 0.267 e. The highest BCUT2D eigenvalue weighted by atomic mass is 19.1. The molecule has 0 spiro atoms. The number of hydrogen-bond acceptors (Lipinski definition) is 5. The number of rotatable bonds is 6. The highest BCUT2D eigenvalue weighted by Crippen LogP contribution is 2.14. The van der Waals surface area contributed by atoms with Gasteiger partial charge in [0.15, 0.2) is 0 Å². The zero-order valence-corrected chi connectivity index (χ0v) is 12.6. The molecule has 0 saturated carbocycles. The number of carbonyl (C=O) groups excluding carboxylic acids is 1. The van der Waals surface area contributed by atoms with Crippen molar-refractivity contribution in [3.05, 3.63) is 66.0 Å². The first-order valence-electron chi connectivity index (χ1n) is 7.19. The summed E-state index contributed by atoms with van der Waals surface area (Å²) in [5.74, 6) is -0.572. The first-order chi connectivity index (χ1) is 11.7. The van der Waals surface area contributed by atoms with Gasteiger partial charge in [-0.1, -0.05) is 42.5 Å². The molecule has 0 aliphatic heterocycles. The van der Waals surface area contributed by atoms with Crippen molar-refractivity contribution in [2.24, 2.45) is 0 Å².